The summed E-state index contributed by atoms with van der Waals surface area (Å²) in [6.07, 6.45) is 0.718. The van der Waals surface area contributed by atoms with E-state index >= 15 is 0 Å². The number of methoxy groups -OCH3 is 1. The predicted octanol–water partition coefficient (Wildman–Crippen LogP) is 2.35. The molecule has 0 saturated heterocycles. The standard InChI is InChI=1S/C19H24N2O5S/c1-14(13-26-2)21-27(24,25)16-8-9-18(17(12-16)19(22)23)20-11-10-15-6-4-3-5-7-15/h3-9,12,14,20-21H,10-11,13H2,1-2H3,(H,22,23)/t14-/m0/s1. The molecule has 0 aliphatic carbocycles. The molecule has 0 aromatic heterocycles. The van der Waals surface area contributed by atoms with E-state index in [0.717, 1.165) is 18.1 Å². The van der Waals surface area contributed by atoms with E-state index in [1.165, 1.54) is 19.2 Å². The van der Waals surface area contributed by atoms with Crippen LogP contribution in [-0.2, 0) is 21.2 Å². The van der Waals surface area contributed by atoms with Crippen LogP contribution in [0.3, 0.4) is 0 Å². The molecule has 8 heteroatoms. The summed E-state index contributed by atoms with van der Waals surface area (Å²) >= 11 is 0. The summed E-state index contributed by atoms with van der Waals surface area (Å²) in [5.41, 5.74) is 1.41. The van der Waals surface area contributed by atoms with E-state index in [0.29, 0.717) is 12.2 Å². The quantitative estimate of drug-likeness (QED) is 0.573. The van der Waals surface area contributed by atoms with Crippen molar-refractivity contribution >= 4 is 21.7 Å². The van der Waals surface area contributed by atoms with Gasteiger partial charge in [0.05, 0.1) is 17.1 Å². The monoisotopic (exact) mass is 392 g/mol. The molecule has 0 unspecified atom stereocenters. The van der Waals surface area contributed by atoms with Gasteiger partial charge < -0.3 is 15.2 Å². The van der Waals surface area contributed by atoms with Gasteiger partial charge in [-0.2, -0.15) is 0 Å². The van der Waals surface area contributed by atoms with Gasteiger partial charge in [0.1, 0.15) is 0 Å². The summed E-state index contributed by atoms with van der Waals surface area (Å²) in [6.45, 7) is 2.41. The van der Waals surface area contributed by atoms with Gasteiger partial charge in [-0.15, -0.1) is 0 Å². The smallest absolute Gasteiger partial charge is 0.337 e. The fourth-order valence-electron chi connectivity index (χ4n) is 2.62. The number of rotatable bonds is 10. The van der Waals surface area contributed by atoms with Crippen LogP contribution in [0.25, 0.3) is 0 Å². The molecule has 0 fully saturated rings. The Labute approximate surface area is 159 Å². The zero-order valence-electron chi connectivity index (χ0n) is 15.3. The minimum absolute atomic E-state index is 0.0923. The second-order valence-corrected chi connectivity index (χ2v) is 7.87. The van der Waals surface area contributed by atoms with E-state index in [4.69, 9.17) is 4.74 Å². The summed E-state index contributed by atoms with van der Waals surface area (Å²) in [7, 11) is -2.36. The van der Waals surface area contributed by atoms with E-state index in [9.17, 15) is 18.3 Å². The lowest BCUT2D eigenvalue weighted by Gasteiger charge is -2.15. The third kappa shape index (κ3) is 6.06. The van der Waals surface area contributed by atoms with Crippen LogP contribution >= 0.6 is 0 Å². The third-order valence-electron chi connectivity index (χ3n) is 3.88. The molecular formula is C19H24N2O5S. The summed E-state index contributed by atoms with van der Waals surface area (Å²) in [5.74, 6) is -1.20. The van der Waals surface area contributed by atoms with Gasteiger partial charge in [0.15, 0.2) is 0 Å². The number of hydrogen-bond donors (Lipinski definition) is 3. The molecule has 3 N–H and O–H groups in total. The molecule has 2 aromatic rings. The lowest BCUT2D eigenvalue weighted by Crippen LogP contribution is -2.35. The van der Waals surface area contributed by atoms with Gasteiger partial charge in [-0.25, -0.2) is 17.9 Å². The van der Waals surface area contributed by atoms with Gasteiger partial charge in [-0.3, -0.25) is 0 Å². The van der Waals surface area contributed by atoms with Crippen LogP contribution in [0.1, 0.15) is 22.8 Å². The molecule has 0 aliphatic rings. The molecule has 0 saturated carbocycles. The summed E-state index contributed by atoms with van der Waals surface area (Å²) in [4.78, 5) is 11.5. The molecule has 0 heterocycles. The van der Waals surface area contributed by atoms with E-state index in [1.807, 2.05) is 30.3 Å². The SMILES string of the molecule is COC[C@H](C)NS(=O)(=O)c1ccc(NCCc2ccccc2)c(C(=O)O)c1. The van der Waals surface area contributed by atoms with Gasteiger partial charge in [0, 0.05) is 25.4 Å². The number of benzene rings is 2. The summed E-state index contributed by atoms with van der Waals surface area (Å²) in [5, 5.41) is 12.5. The number of ether oxygens (including phenoxy) is 1. The van der Waals surface area contributed by atoms with Gasteiger partial charge >= 0.3 is 5.97 Å². The van der Waals surface area contributed by atoms with Crippen molar-refractivity contribution in [3.8, 4) is 0 Å². The molecule has 0 amide bonds. The summed E-state index contributed by atoms with van der Waals surface area (Å²) < 4.78 is 32.2. The van der Waals surface area contributed by atoms with Gasteiger partial charge in [-0.1, -0.05) is 30.3 Å². The first kappa shape index (κ1) is 20.9. The lowest BCUT2D eigenvalue weighted by molar-refractivity contribution is 0.0697. The first-order valence-electron chi connectivity index (χ1n) is 8.50. The summed E-state index contributed by atoms with van der Waals surface area (Å²) in [6, 6.07) is 13.4. The van der Waals surface area contributed by atoms with Crippen LogP contribution in [0.4, 0.5) is 5.69 Å². The molecule has 2 aromatic carbocycles. The van der Waals surface area contributed by atoms with Crippen molar-refractivity contribution < 1.29 is 23.1 Å². The third-order valence-corrected chi connectivity index (χ3v) is 5.46. The van der Waals surface area contributed by atoms with Crippen molar-refractivity contribution in [2.24, 2.45) is 0 Å². The maximum Gasteiger partial charge on any atom is 0.337 e. The Morgan fingerprint density at radius 3 is 2.52 bits per heavy atom. The number of carboxylic acids is 1. The Balaban J connectivity index is 2.15. The normalized spacial score (nSPS) is 12.5. The highest BCUT2D eigenvalue weighted by atomic mass is 32.2. The fraction of sp³-hybridized carbons (Fsp3) is 0.316. The highest BCUT2D eigenvalue weighted by Gasteiger charge is 2.20. The molecule has 0 radical (unpaired) electrons. The highest BCUT2D eigenvalue weighted by Crippen LogP contribution is 2.21. The van der Waals surface area contributed by atoms with Gasteiger partial charge in [-0.05, 0) is 37.1 Å². The van der Waals surface area contributed by atoms with E-state index in [2.05, 4.69) is 10.0 Å². The molecule has 7 nitrogen and oxygen atoms in total. The van der Waals surface area contributed by atoms with Crippen molar-refractivity contribution in [1.29, 1.82) is 0 Å². The number of nitrogens with one attached hydrogen (secondary N) is 2. The maximum atomic E-state index is 12.4. The molecule has 2 rings (SSSR count). The Morgan fingerprint density at radius 2 is 1.89 bits per heavy atom. The molecule has 0 spiro atoms. The maximum absolute atomic E-state index is 12.4. The Bertz CT molecular complexity index is 869. The minimum Gasteiger partial charge on any atom is -0.478 e. The zero-order valence-corrected chi connectivity index (χ0v) is 16.1. The topological polar surface area (TPSA) is 105 Å². The molecule has 0 aliphatic heterocycles. The Morgan fingerprint density at radius 1 is 1.19 bits per heavy atom. The van der Waals surface area contributed by atoms with Gasteiger partial charge in [0.2, 0.25) is 10.0 Å². The molecule has 146 valence electrons. The lowest BCUT2D eigenvalue weighted by atomic mass is 10.1. The molecule has 0 bridgehead atoms. The number of anilines is 1. The van der Waals surface area contributed by atoms with Crippen molar-refractivity contribution in [1.82, 2.24) is 4.72 Å². The van der Waals surface area contributed by atoms with Crippen molar-refractivity contribution in [2.45, 2.75) is 24.3 Å². The van der Waals surface area contributed by atoms with Crippen LogP contribution in [0, 0.1) is 0 Å². The second-order valence-electron chi connectivity index (χ2n) is 6.15. The number of sulfonamides is 1. The van der Waals surface area contributed by atoms with Crippen LogP contribution in [0.5, 0.6) is 0 Å². The number of hydrogen-bond acceptors (Lipinski definition) is 5. The molecule has 1 atom stereocenters. The second kappa shape index (κ2) is 9.50. The zero-order chi connectivity index (χ0) is 19.9. The van der Waals surface area contributed by atoms with E-state index in [1.54, 1.807) is 6.92 Å². The highest BCUT2D eigenvalue weighted by molar-refractivity contribution is 7.89. The van der Waals surface area contributed by atoms with Crippen LogP contribution in [0.15, 0.2) is 53.4 Å². The molecule has 27 heavy (non-hydrogen) atoms. The van der Waals surface area contributed by atoms with E-state index < -0.39 is 22.0 Å². The first-order chi connectivity index (χ1) is 12.8. The minimum atomic E-state index is -3.84. The average Bonchev–Trinajstić information content (AvgIpc) is 2.62. The predicted molar refractivity (Wildman–Crippen MR) is 104 cm³/mol. The van der Waals surface area contributed by atoms with Crippen molar-refractivity contribution in [3.63, 3.8) is 0 Å². The Kier molecular flexibility index (Phi) is 7.35. The van der Waals surface area contributed by atoms with Crippen LogP contribution < -0.4 is 10.0 Å². The number of carbonyl (C=O) groups is 1. The van der Waals surface area contributed by atoms with E-state index in [-0.39, 0.29) is 17.1 Å². The molecular weight excluding hydrogens is 368 g/mol. The number of aromatic carboxylic acids is 1. The van der Waals surface area contributed by atoms with Crippen molar-refractivity contribution in [3.05, 3.63) is 59.7 Å². The average molecular weight is 392 g/mol. The van der Waals surface area contributed by atoms with Crippen LogP contribution in [0.2, 0.25) is 0 Å². The fourth-order valence-corrected chi connectivity index (χ4v) is 3.88. The van der Waals surface area contributed by atoms with Crippen molar-refractivity contribution in [2.75, 3.05) is 25.6 Å². The van der Waals surface area contributed by atoms with Gasteiger partial charge in [0.25, 0.3) is 0 Å². The van der Waals surface area contributed by atoms with Crippen LogP contribution in [-0.4, -0.2) is 45.8 Å². The number of carboxylic acid groups (broad SMARTS) is 1. The Hall–Kier alpha value is -2.42. The largest absolute Gasteiger partial charge is 0.478 e. The first-order valence-corrected chi connectivity index (χ1v) is 9.98.